The standard InChI is InChI=1S/C35H46ClN3.3ClH.Fe/c1-5-9-15-27-19-13-20-28(16-10-6-2)34(27)37-25-32-23-31(36)24-33(39-32)26-38-35-29(17-11-7-3)21-14-22-30(35)18-12-8-4;;;;/h13-14,19-26H,5-12,15-18H2,1-4H3;3*1H;/q;;;;+3/p-3. The summed E-state index contributed by atoms with van der Waals surface area (Å²) >= 11 is 6.55. The summed E-state index contributed by atoms with van der Waals surface area (Å²) in [6.07, 6.45) is 17.2. The zero-order valence-electron chi connectivity index (χ0n) is 26.0. The minimum absolute atomic E-state index is 0. The van der Waals surface area contributed by atoms with Crippen molar-refractivity contribution in [3.05, 3.63) is 87.2 Å². The van der Waals surface area contributed by atoms with E-state index >= 15 is 0 Å². The van der Waals surface area contributed by atoms with Gasteiger partial charge in [0.15, 0.2) is 0 Å². The summed E-state index contributed by atoms with van der Waals surface area (Å²) < 4.78 is 0. The Balaban J connectivity index is 0. The number of aliphatic imine (C=N–C) groups is 2. The first-order chi connectivity index (χ1) is 19.1. The van der Waals surface area contributed by atoms with E-state index in [0.29, 0.717) is 5.02 Å². The molecule has 0 unspecified atom stereocenters. The van der Waals surface area contributed by atoms with Crippen LogP contribution in [0.3, 0.4) is 0 Å². The summed E-state index contributed by atoms with van der Waals surface area (Å²) in [6, 6.07) is 17.0. The molecule has 8 heteroatoms. The van der Waals surface area contributed by atoms with Crippen molar-refractivity contribution in [3.8, 4) is 0 Å². The van der Waals surface area contributed by atoms with Crippen molar-refractivity contribution in [1.29, 1.82) is 0 Å². The minimum atomic E-state index is 0. The topological polar surface area (TPSA) is 37.6 Å². The van der Waals surface area contributed by atoms with Gasteiger partial charge in [0.2, 0.25) is 0 Å². The largest absolute Gasteiger partial charge is 3.00 e. The molecule has 1 heterocycles. The smallest absolute Gasteiger partial charge is 1.00 e. The number of hydrogen-bond donors (Lipinski definition) is 0. The van der Waals surface area contributed by atoms with Gasteiger partial charge in [0.25, 0.3) is 0 Å². The predicted octanol–water partition coefficient (Wildman–Crippen LogP) is 1.62. The number of aryl methyl sites for hydroxylation is 4. The molecule has 0 amide bonds. The van der Waals surface area contributed by atoms with Crippen LogP contribution in [0.5, 0.6) is 0 Å². The average Bonchev–Trinajstić information content (AvgIpc) is 2.95. The second-order valence-electron chi connectivity index (χ2n) is 10.4. The van der Waals surface area contributed by atoms with E-state index < -0.39 is 0 Å². The van der Waals surface area contributed by atoms with Gasteiger partial charge in [-0.1, -0.05) is 101 Å². The maximum absolute atomic E-state index is 6.55. The molecule has 0 spiro atoms. The van der Waals surface area contributed by atoms with E-state index in [1.54, 1.807) is 0 Å². The number of pyridine rings is 1. The molecular weight excluding hydrogens is 660 g/mol. The third-order valence-corrected chi connectivity index (χ3v) is 7.30. The molecule has 2 aromatic carbocycles. The minimum Gasteiger partial charge on any atom is -1.00 e. The van der Waals surface area contributed by atoms with Crippen LogP contribution < -0.4 is 37.2 Å². The molecule has 43 heavy (non-hydrogen) atoms. The Bertz CT molecular complexity index is 1100. The van der Waals surface area contributed by atoms with E-state index in [9.17, 15) is 0 Å². The molecule has 0 atom stereocenters. The molecule has 0 saturated carbocycles. The molecule has 0 N–H and O–H groups in total. The maximum atomic E-state index is 6.55. The van der Waals surface area contributed by atoms with Crippen molar-refractivity contribution in [2.45, 2.75) is 105 Å². The Morgan fingerprint density at radius 2 is 0.884 bits per heavy atom. The van der Waals surface area contributed by atoms with E-state index in [1.165, 1.54) is 47.9 Å². The maximum Gasteiger partial charge on any atom is 3.00 e. The van der Waals surface area contributed by atoms with E-state index in [0.717, 1.165) is 74.1 Å². The zero-order chi connectivity index (χ0) is 27.9. The van der Waals surface area contributed by atoms with Crippen LogP contribution in [0.2, 0.25) is 5.02 Å². The number of rotatable bonds is 16. The van der Waals surface area contributed by atoms with E-state index in [-0.39, 0.29) is 54.3 Å². The molecule has 1 aromatic heterocycles. The Morgan fingerprint density at radius 1 is 0.581 bits per heavy atom. The van der Waals surface area contributed by atoms with E-state index in [2.05, 4.69) is 64.1 Å². The summed E-state index contributed by atoms with van der Waals surface area (Å²) in [7, 11) is 0. The first-order valence-electron chi connectivity index (χ1n) is 15.1. The van der Waals surface area contributed by atoms with Crippen LogP contribution in [0.4, 0.5) is 11.4 Å². The Hall–Kier alpha value is -1.39. The fraction of sp³-hybridized carbons (Fsp3) is 0.457. The van der Waals surface area contributed by atoms with Crippen LogP contribution in [-0.4, -0.2) is 17.4 Å². The van der Waals surface area contributed by atoms with Crippen LogP contribution >= 0.6 is 11.6 Å². The van der Waals surface area contributed by atoms with Gasteiger partial charge in [0.05, 0.1) is 35.2 Å². The van der Waals surface area contributed by atoms with Gasteiger partial charge in [0, 0.05) is 5.02 Å². The molecule has 0 aliphatic heterocycles. The average molecular weight is 706 g/mol. The number of para-hydroxylation sites is 2. The van der Waals surface area contributed by atoms with Crippen molar-refractivity contribution in [2.75, 3.05) is 0 Å². The molecule has 0 bridgehead atoms. The van der Waals surface area contributed by atoms with Crippen molar-refractivity contribution in [3.63, 3.8) is 0 Å². The molecule has 3 nitrogen and oxygen atoms in total. The summed E-state index contributed by atoms with van der Waals surface area (Å²) in [4.78, 5) is 14.8. The molecule has 3 aromatic rings. The normalized spacial score (nSPS) is 10.6. The van der Waals surface area contributed by atoms with Gasteiger partial charge in [-0.25, -0.2) is 4.98 Å². The molecule has 0 fully saturated rings. The first-order valence-corrected chi connectivity index (χ1v) is 15.4. The number of benzene rings is 2. The van der Waals surface area contributed by atoms with Gasteiger partial charge in [-0.15, -0.1) is 0 Å². The number of hydrogen-bond acceptors (Lipinski definition) is 3. The van der Waals surface area contributed by atoms with Gasteiger partial charge in [0.1, 0.15) is 0 Å². The van der Waals surface area contributed by atoms with Gasteiger partial charge >= 0.3 is 17.1 Å². The molecule has 0 saturated heterocycles. The monoisotopic (exact) mass is 704 g/mol. The quantitative estimate of drug-likeness (QED) is 0.165. The molecular formula is C35H46Cl4FeN3. The molecule has 237 valence electrons. The summed E-state index contributed by atoms with van der Waals surface area (Å²) in [5, 5.41) is 0.642. The molecule has 0 aliphatic rings. The van der Waals surface area contributed by atoms with Gasteiger partial charge in [-0.05, 0) is 85.8 Å². The molecule has 1 radical (unpaired) electrons. The zero-order valence-corrected chi connectivity index (χ0v) is 30.1. The van der Waals surface area contributed by atoms with E-state index in [4.69, 9.17) is 26.6 Å². The fourth-order valence-corrected chi connectivity index (χ4v) is 5.05. The molecule has 3 rings (SSSR count). The Labute approximate surface area is 294 Å². The fourth-order valence-electron chi connectivity index (χ4n) is 4.83. The summed E-state index contributed by atoms with van der Waals surface area (Å²) in [6.45, 7) is 8.94. The van der Waals surface area contributed by atoms with Crippen LogP contribution in [0.1, 0.15) is 113 Å². The van der Waals surface area contributed by atoms with Gasteiger partial charge < -0.3 is 37.2 Å². The molecule has 0 aliphatic carbocycles. The van der Waals surface area contributed by atoms with Crippen LogP contribution in [0.15, 0.2) is 58.5 Å². The number of nitrogens with zero attached hydrogens (tertiary/aromatic N) is 3. The Morgan fingerprint density at radius 3 is 1.16 bits per heavy atom. The third-order valence-electron chi connectivity index (χ3n) is 7.09. The second kappa shape index (κ2) is 24.9. The van der Waals surface area contributed by atoms with Crippen LogP contribution in [-0.2, 0) is 42.8 Å². The SMILES string of the molecule is CCCCc1cccc(CCCC)c1N=Cc1cc(Cl)cc(C=Nc2c(CCCC)cccc2CCCC)n1.[Cl-].[Cl-].[Cl-].[Fe+3]. The second-order valence-corrected chi connectivity index (χ2v) is 10.9. The van der Waals surface area contributed by atoms with E-state index in [1.807, 2.05) is 24.6 Å². The number of aromatic nitrogens is 1. The predicted molar refractivity (Wildman–Crippen MR) is 171 cm³/mol. The van der Waals surface area contributed by atoms with Crippen molar-refractivity contribution >= 4 is 35.4 Å². The third kappa shape index (κ3) is 14.5. The van der Waals surface area contributed by atoms with Crippen molar-refractivity contribution in [1.82, 2.24) is 4.98 Å². The summed E-state index contributed by atoms with van der Waals surface area (Å²) in [5.74, 6) is 0. The van der Waals surface area contributed by atoms with Crippen LogP contribution in [0.25, 0.3) is 0 Å². The van der Waals surface area contributed by atoms with Gasteiger partial charge in [-0.3, -0.25) is 9.98 Å². The van der Waals surface area contributed by atoms with Crippen molar-refractivity contribution in [2.24, 2.45) is 9.98 Å². The van der Waals surface area contributed by atoms with Crippen molar-refractivity contribution < 1.29 is 54.3 Å². The van der Waals surface area contributed by atoms with Crippen LogP contribution in [0, 0.1) is 0 Å². The Kier molecular flexibility index (Phi) is 25.3. The first kappa shape index (κ1) is 43.7. The summed E-state index contributed by atoms with van der Waals surface area (Å²) in [5.41, 5.74) is 8.95. The number of halogens is 4. The number of unbranched alkanes of at least 4 members (excludes halogenated alkanes) is 4. The van der Waals surface area contributed by atoms with Gasteiger partial charge in [-0.2, -0.15) is 0 Å².